The van der Waals surface area contributed by atoms with Crippen LogP contribution in [0.2, 0.25) is 5.02 Å². The fourth-order valence-electron chi connectivity index (χ4n) is 1.37. The molecular formula is C12H10ClN3O5. The Morgan fingerprint density at radius 3 is 2.71 bits per heavy atom. The number of hydrogen-bond acceptors (Lipinski definition) is 4. The number of nitro benzene ring substituents is 1. The van der Waals surface area contributed by atoms with Crippen LogP contribution < -0.4 is 10.6 Å². The lowest BCUT2D eigenvalue weighted by Crippen LogP contribution is -2.42. The van der Waals surface area contributed by atoms with Crippen molar-refractivity contribution in [3.63, 3.8) is 0 Å². The van der Waals surface area contributed by atoms with E-state index >= 15 is 0 Å². The molecule has 9 heteroatoms. The third-order valence-corrected chi connectivity index (χ3v) is 2.65. The standard InChI is InChI=1S/C12H10ClN3O5/c1-2-3-9(11(17)18)15-12(19)14-7-4-5-8(13)10(6-7)16(20)21/h1,4-6,9H,3H2,(H,17,18)(H2,14,15,19). The van der Waals surface area contributed by atoms with E-state index in [0.717, 1.165) is 6.07 Å². The van der Waals surface area contributed by atoms with Crippen molar-refractivity contribution in [2.24, 2.45) is 0 Å². The third kappa shape index (κ3) is 4.67. The normalized spacial score (nSPS) is 11.0. The Bertz CT molecular complexity index is 626. The van der Waals surface area contributed by atoms with E-state index < -0.39 is 23.0 Å². The number of carbonyl (C=O) groups is 2. The number of anilines is 1. The Labute approximate surface area is 124 Å². The van der Waals surface area contributed by atoms with E-state index in [1.54, 1.807) is 0 Å². The number of carboxylic acid groups (broad SMARTS) is 1. The van der Waals surface area contributed by atoms with Crippen LogP contribution in [0.15, 0.2) is 18.2 Å². The molecule has 110 valence electrons. The van der Waals surface area contributed by atoms with Gasteiger partial charge in [0.2, 0.25) is 0 Å². The van der Waals surface area contributed by atoms with Crippen molar-refractivity contribution in [3.05, 3.63) is 33.3 Å². The number of carboxylic acids is 1. The van der Waals surface area contributed by atoms with E-state index in [9.17, 15) is 19.7 Å². The Morgan fingerprint density at radius 1 is 1.52 bits per heavy atom. The summed E-state index contributed by atoms with van der Waals surface area (Å²) in [6.07, 6.45) is 4.80. The van der Waals surface area contributed by atoms with Gasteiger partial charge in [0.1, 0.15) is 11.1 Å². The molecule has 2 amide bonds. The molecule has 0 aliphatic carbocycles. The fraction of sp³-hybridized carbons (Fsp3) is 0.167. The number of urea groups is 1. The second-order valence-electron chi connectivity index (χ2n) is 3.82. The minimum Gasteiger partial charge on any atom is -0.480 e. The molecule has 0 heterocycles. The number of hydrogen-bond donors (Lipinski definition) is 3. The van der Waals surface area contributed by atoms with Gasteiger partial charge < -0.3 is 15.7 Å². The molecule has 0 radical (unpaired) electrons. The SMILES string of the molecule is C#CCC(NC(=O)Nc1ccc(Cl)c([N+](=O)[O-])c1)C(=O)O. The summed E-state index contributed by atoms with van der Waals surface area (Å²) in [5, 5.41) is 23.8. The molecule has 1 atom stereocenters. The summed E-state index contributed by atoms with van der Waals surface area (Å²) >= 11 is 5.63. The third-order valence-electron chi connectivity index (χ3n) is 2.33. The van der Waals surface area contributed by atoms with E-state index in [4.69, 9.17) is 23.1 Å². The molecule has 0 aliphatic heterocycles. The average molecular weight is 312 g/mol. The number of rotatable bonds is 5. The Balaban J connectivity index is 2.79. The van der Waals surface area contributed by atoms with Gasteiger partial charge >= 0.3 is 12.0 Å². The molecule has 21 heavy (non-hydrogen) atoms. The highest BCUT2D eigenvalue weighted by Crippen LogP contribution is 2.27. The van der Waals surface area contributed by atoms with Crippen LogP contribution in [0.4, 0.5) is 16.2 Å². The van der Waals surface area contributed by atoms with Crippen molar-refractivity contribution in [2.45, 2.75) is 12.5 Å². The zero-order chi connectivity index (χ0) is 16.0. The first-order valence-electron chi connectivity index (χ1n) is 5.53. The van der Waals surface area contributed by atoms with E-state index in [0.29, 0.717) is 0 Å². The van der Waals surface area contributed by atoms with E-state index in [2.05, 4.69) is 16.6 Å². The van der Waals surface area contributed by atoms with Gasteiger partial charge in [-0.15, -0.1) is 12.3 Å². The summed E-state index contributed by atoms with van der Waals surface area (Å²) in [5.74, 6) is 0.833. The van der Waals surface area contributed by atoms with E-state index in [1.807, 2.05) is 0 Å². The first kappa shape index (κ1) is 16.3. The molecule has 3 N–H and O–H groups in total. The topological polar surface area (TPSA) is 122 Å². The van der Waals surface area contributed by atoms with Gasteiger partial charge in [-0.05, 0) is 12.1 Å². The number of carbonyl (C=O) groups excluding carboxylic acids is 1. The number of aliphatic carboxylic acids is 1. The van der Waals surface area contributed by atoms with Crippen LogP contribution in [0.3, 0.4) is 0 Å². The summed E-state index contributed by atoms with van der Waals surface area (Å²) in [7, 11) is 0. The minimum absolute atomic E-state index is 0.0818. The van der Waals surface area contributed by atoms with Gasteiger partial charge in [0.15, 0.2) is 0 Å². The monoisotopic (exact) mass is 311 g/mol. The summed E-state index contributed by atoms with van der Waals surface area (Å²) in [6.45, 7) is 0. The van der Waals surface area contributed by atoms with Gasteiger partial charge in [0, 0.05) is 18.2 Å². The van der Waals surface area contributed by atoms with Crippen LogP contribution in [0.25, 0.3) is 0 Å². The van der Waals surface area contributed by atoms with Crippen LogP contribution in [0.5, 0.6) is 0 Å². The molecule has 1 rings (SSSR count). The predicted octanol–water partition coefficient (Wildman–Crippen LogP) is 1.85. The van der Waals surface area contributed by atoms with Crippen LogP contribution in [0.1, 0.15) is 6.42 Å². The first-order valence-corrected chi connectivity index (χ1v) is 5.90. The van der Waals surface area contributed by atoms with Gasteiger partial charge in [0.05, 0.1) is 4.92 Å². The molecule has 0 aromatic heterocycles. The molecule has 0 aliphatic rings. The number of nitrogens with one attached hydrogen (secondary N) is 2. The zero-order valence-electron chi connectivity index (χ0n) is 10.5. The van der Waals surface area contributed by atoms with Crippen molar-refractivity contribution < 1.29 is 19.6 Å². The molecule has 1 aromatic carbocycles. The maximum absolute atomic E-state index is 11.6. The molecule has 1 unspecified atom stereocenters. The van der Waals surface area contributed by atoms with Crippen LogP contribution in [0, 0.1) is 22.5 Å². The summed E-state index contributed by atoms with van der Waals surface area (Å²) < 4.78 is 0. The number of benzene rings is 1. The maximum atomic E-state index is 11.6. The number of terminal acetylenes is 1. The molecule has 1 aromatic rings. The summed E-state index contributed by atoms with van der Waals surface area (Å²) in [6, 6.07) is 1.53. The van der Waals surface area contributed by atoms with Gasteiger partial charge in [-0.25, -0.2) is 9.59 Å². The maximum Gasteiger partial charge on any atom is 0.327 e. The molecule has 0 spiro atoms. The quantitative estimate of drug-likeness (QED) is 0.435. The average Bonchev–Trinajstić information content (AvgIpc) is 2.40. The Morgan fingerprint density at radius 2 is 2.19 bits per heavy atom. The lowest BCUT2D eigenvalue weighted by molar-refractivity contribution is -0.384. The number of amides is 2. The predicted molar refractivity (Wildman–Crippen MR) is 75.1 cm³/mol. The molecule has 0 saturated heterocycles. The van der Waals surface area contributed by atoms with Crippen LogP contribution >= 0.6 is 11.6 Å². The lowest BCUT2D eigenvalue weighted by Gasteiger charge is -2.12. The smallest absolute Gasteiger partial charge is 0.327 e. The molecular weight excluding hydrogens is 302 g/mol. The molecule has 0 bridgehead atoms. The number of halogens is 1. The molecule has 8 nitrogen and oxygen atoms in total. The highest BCUT2D eigenvalue weighted by atomic mass is 35.5. The molecule has 0 fully saturated rings. The Kier molecular flexibility index (Phi) is 5.51. The van der Waals surface area contributed by atoms with E-state index in [1.165, 1.54) is 12.1 Å². The number of nitro groups is 1. The van der Waals surface area contributed by atoms with Crippen molar-refractivity contribution in [1.82, 2.24) is 5.32 Å². The Hall–Kier alpha value is -2.79. The zero-order valence-corrected chi connectivity index (χ0v) is 11.3. The number of nitrogens with zero attached hydrogens (tertiary/aromatic N) is 1. The summed E-state index contributed by atoms with van der Waals surface area (Å²) in [4.78, 5) is 32.4. The van der Waals surface area contributed by atoms with Crippen molar-refractivity contribution in [2.75, 3.05) is 5.32 Å². The van der Waals surface area contributed by atoms with E-state index in [-0.39, 0.29) is 22.8 Å². The largest absolute Gasteiger partial charge is 0.480 e. The van der Waals surface area contributed by atoms with Crippen molar-refractivity contribution >= 4 is 35.0 Å². The second kappa shape index (κ2) is 7.12. The minimum atomic E-state index is -1.29. The molecule has 0 saturated carbocycles. The highest BCUT2D eigenvalue weighted by molar-refractivity contribution is 6.32. The van der Waals surface area contributed by atoms with Crippen LogP contribution in [-0.4, -0.2) is 28.1 Å². The van der Waals surface area contributed by atoms with Crippen molar-refractivity contribution in [3.8, 4) is 12.3 Å². The van der Waals surface area contributed by atoms with Gasteiger partial charge in [-0.2, -0.15) is 0 Å². The van der Waals surface area contributed by atoms with Gasteiger partial charge in [0.25, 0.3) is 5.69 Å². The lowest BCUT2D eigenvalue weighted by atomic mass is 10.2. The van der Waals surface area contributed by atoms with Gasteiger partial charge in [-0.3, -0.25) is 10.1 Å². The highest BCUT2D eigenvalue weighted by Gasteiger charge is 2.19. The summed E-state index contributed by atoms with van der Waals surface area (Å²) in [5.41, 5.74) is -0.290. The first-order chi connectivity index (χ1) is 9.85. The fourth-order valence-corrected chi connectivity index (χ4v) is 1.56. The second-order valence-corrected chi connectivity index (χ2v) is 4.23. The van der Waals surface area contributed by atoms with Crippen LogP contribution in [-0.2, 0) is 4.79 Å². The van der Waals surface area contributed by atoms with Gasteiger partial charge in [-0.1, -0.05) is 11.6 Å². The van der Waals surface area contributed by atoms with Crippen molar-refractivity contribution in [1.29, 1.82) is 0 Å².